The predicted octanol–water partition coefficient (Wildman–Crippen LogP) is 3.74. The molecule has 0 bridgehead atoms. The van der Waals surface area contributed by atoms with E-state index in [4.69, 9.17) is 28.4 Å². The summed E-state index contributed by atoms with van der Waals surface area (Å²) >= 11 is 0. The molecule has 6 nitrogen and oxygen atoms in total. The van der Waals surface area contributed by atoms with E-state index in [9.17, 15) is 0 Å². The topological polar surface area (TPSA) is 55.4 Å². The Morgan fingerprint density at radius 1 is 0.714 bits per heavy atom. The fourth-order valence-electron chi connectivity index (χ4n) is 3.63. The maximum Gasteiger partial charge on any atom is 0.161 e. The zero-order chi connectivity index (χ0) is 19.9. The van der Waals surface area contributed by atoms with Crippen molar-refractivity contribution < 1.29 is 28.4 Å². The molecular weight excluding hydrogens is 360 g/mol. The van der Waals surface area contributed by atoms with Crippen LogP contribution >= 0.6 is 0 Å². The van der Waals surface area contributed by atoms with Gasteiger partial charge in [-0.2, -0.15) is 0 Å². The molecule has 2 aromatic carbocycles. The number of hydrogen-bond acceptors (Lipinski definition) is 6. The van der Waals surface area contributed by atoms with Crippen molar-refractivity contribution in [2.45, 2.75) is 6.10 Å². The van der Waals surface area contributed by atoms with E-state index >= 15 is 0 Å². The second kappa shape index (κ2) is 9.66. The Hall–Kier alpha value is -2.44. The summed E-state index contributed by atoms with van der Waals surface area (Å²) in [6.07, 6.45) is 0.123. The summed E-state index contributed by atoms with van der Waals surface area (Å²) in [5, 5.41) is 0. The highest BCUT2D eigenvalue weighted by Crippen LogP contribution is 2.43. The van der Waals surface area contributed by atoms with E-state index in [0.29, 0.717) is 11.8 Å². The van der Waals surface area contributed by atoms with Gasteiger partial charge in [0.1, 0.15) is 0 Å². The predicted molar refractivity (Wildman–Crippen MR) is 106 cm³/mol. The lowest BCUT2D eigenvalue weighted by molar-refractivity contribution is 0.0501. The van der Waals surface area contributed by atoms with Crippen LogP contribution in [0.5, 0.6) is 23.0 Å². The van der Waals surface area contributed by atoms with Gasteiger partial charge in [-0.3, -0.25) is 0 Å². The van der Waals surface area contributed by atoms with Gasteiger partial charge < -0.3 is 28.4 Å². The number of ether oxygens (including phenoxy) is 6. The average Bonchev–Trinajstić information content (AvgIpc) is 3.37. The molecule has 0 spiro atoms. The van der Waals surface area contributed by atoms with Crippen molar-refractivity contribution >= 4 is 0 Å². The van der Waals surface area contributed by atoms with Gasteiger partial charge in [0, 0.05) is 11.8 Å². The Bertz CT molecular complexity index is 739. The van der Waals surface area contributed by atoms with E-state index in [1.165, 1.54) is 0 Å². The number of para-hydroxylation sites is 2. The molecule has 2 aromatic rings. The van der Waals surface area contributed by atoms with Crippen LogP contribution in [0.25, 0.3) is 0 Å². The highest BCUT2D eigenvalue weighted by atomic mass is 16.5. The second-order valence-electron chi connectivity index (χ2n) is 6.68. The van der Waals surface area contributed by atoms with Gasteiger partial charge in [-0.1, -0.05) is 18.2 Å². The van der Waals surface area contributed by atoms with Crippen molar-refractivity contribution in [2.75, 3.05) is 48.3 Å². The Labute approximate surface area is 166 Å². The quantitative estimate of drug-likeness (QED) is 0.778. The molecule has 0 radical (unpaired) electrons. The van der Waals surface area contributed by atoms with Crippen LogP contribution in [0.2, 0.25) is 0 Å². The molecule has 0 unspecified atom stereocenters. The Morgan fingerprint density at radius 3 is 1.93 bits per heavy atom. The molecule has 3 atom stereocenters. The largest absolute Gasteiger partial charge is 0.493 e. The molecule has 0 aliphatic carbocycles. The number of hydrogen-bond donors (Lipinski definition) is 0. The maximum atomic E-state index is 5.90. The van der Waals surface area contributed by atoms with Gasteiger partial charge >= 0.3 is 0 Å². The molecule has 0 N–H and O–H groups in total. The standard InChI is InChI=1S/C14H18O4.C8H10O2/c1-15-12-4-3-9(5-13(12)16-2)14-11-8-17-6-10(11)7-18-14;1-9-7-5-3-4-6-8(7)10-2/h3-5,10-11,14H,6-8H2,1-2H3;3-6H,1-2H3/t10-,11-,14+;/m1./s1. The van der Waals surface area contributed by atoms with Gasteiger partial charge in [0.15, 0.2) is 23.0 Å². The Morgan fingerprint density at radius 2 is 1.32 bits per heavy atom. The lowest BCUT2D eigenvalue weighted by Gasteiger charge is -2.18. The monoisotopic (exact) mass is 388 g/mol. The van der Waals surface area contributed by atoms with Crippen molar-refractivity contribution in [3.63, 3.8) is 0 Å². The van der Waals surface area contributed by atoms with Crippen LogP contribution in [0.3, 0.4) is 0 Å². The highest BCUT2D eigenvalue weighted by molar-refractivity contribution is 5.44. The van der Waals surface area contributed by atoms with E-state index in [1.54, 1.807) is 28.4 Å². The third kappa shape index (κ3) is 4.34. The molecule has 152 valence electrons. The van der Waals surface area contributed by atoms with Gasteiger partial charge in [0.05, 0.1) is 54.4 Å². The third-order valence-corrected chi connectivity index (χ3v) is 5.15. The molecule has 2 saturated heterocycles. The van der Waals surface area contributed by atoms with E-state index in [1.807, 2.05) is 42.5 Å². The zero-order valence-corrected chi connectivity index (χ0v) is 16.8. The SMILES string of the molecule is COc1ccc([C@@H]2OC[C@H]3COC[C@H]32)cc1OC.COc1ccccc1OC. The maximum absolute atomic E-state index is 5.90. The summed E-state index contributed by atoms with van der Waals surface area (Å²) in [6, 6.07) is 13.5. The number of benzene rings is 2. The summed E-state index contributed by atoms with van der Waals surface area (Å²) in [7, 11) is 6.54. The minimum absolute atomic E-state index is 0.123. The van der Waals surface area contributed by atoms with Crippen LogP contribution in [-0.2, 0) is 9.47 Å². The minimum Gasteiger partial charge on any atom is -0.493 e. The van der Waals surface area contributed by atoms with Crippen molar-refractivity contribution in [2.24, 2.45) is 11.8 Å². The van der Waals surface area contributed by atoms with Crippen LogP contribution < -0.4 is 18.9 Å². The molecule has 2 aliphatic heterocycles. The molecule has 2 aliphatic rings. The first-order valence-electron chi connectivity index (χ1n) is 9.30. The van der Waals surface area contributed by atoms with E-state index in [2.05, 4.69) is 0 Å². The van der Waals surface area contributed by atoms with Crippen LogP contribution in [0, 0.1) is 11.8 Å². The number of rotatable bonds is 5. The van der Waals surface area contributed by atoms with Crippen LogP contribution in [0.15, 0.2) is 42.5 Å². The molecule has 6 heteroatoms. The van der Waals surface area contributed by atoms with Gasteiger partial charge in [0.2, 0.25) is 0 Å². The first kappa shape index (κ1) is 20.3. The first-order valence-corrected chi connectivity index (χ1v) is 9.30. The molecule has 4 rings (SSSR count). The summed E-state index contributed by atoms with van der Waals surface area (Å²) in [5.41, 5.74) is 1.14. The molecule has 2 fully saturated rings. The average molecular weight is 388 g/mol. The first-order chi connectivity index (χ1) is 13.7. The van der Waals surface area contributed by atoms with Crippen molar-refractivity contribution in [1.29, 1.82) is 0 Å². The van der Waals surface area contributed by atoms with Crippen molar-refractivity contribution in [1.82, 2.24) is 0 Å². The van der Waals surface area contributed by atoms with Gasteiger partial charge in [-0.25, -0.2) is 0 Å². The second-order valence-corrected chi connectivity index (χ2v) is 6.68. The summed E-state index contributed by atoms with van der Waals surface area (Å²) in [6.45, 7) is 2.42. The fourth-order valence-corrected chi connectivity index (χ4v) is 3.63. The summed E-state index contributed by atoms with van der Waals surface area (Å²) < 4.78 is 32.0. The van der Waals surface area contributed by atoms with E-state index < -0.39 is 0 Å². The van der Waals surface area contributed by atoms with Crippen molar-refractivity contribution in [3.05, 3.63) is 48.0 Å². The van der Waals surface area contributed by atoms with Gasteiger partial charge in [0.25, 0.3) is 0 Å². The lowest BCUT2D eigenvalue weighted by Crippen LogP contribution is -2.12. The van der Waals surface area contributed by atoms with Crippen LogP contribution in [0.1, 0.15) is 11.7 Å². The molecule has 28 heavy (non-hydrogen) atoms. The molecule has 0 amide bonds. The summed E-state index contributed by atoms with van der Waals surface area (Å²) in [4.78, 5) is 0. The van der Waals surface area contributed by atoms with Crippen molar-refractivity contribution in [3.8, 4) is 23.0 Å². The van der Waals surface area contributed by atoms with Gasteiger partial charge in [-0.15, -0.1) is 0 Å². The van der Waals surface area contributed by atoms with Crippen LogP contribution in [-0.4, -0.2) is 48.3 Å². The fraction of sp³-hybridized carbons (Fsp3) is 0.455. The third-order valence-electron chi connectivity index (χ3n) is 5.15. The number of fused-ring (bicyclic) bond motifs is 1. The zero-order valence-electron chi connectivity index (χ0n) is 16.8. The summed E-state index contributed by atoms with van der Waals surface area (Å²) in [5.74, 6) is 4.06. The molecular formula is C22H28O6. The Kier molecular flexibility index (Phi) is 7.01. The smallest absolute Gasteiger partial charge is 0.161 e. The lowest BCUT2D eigenvalue weighted by atomic mass is 9.90. The Balaban J connectivity index is 0.000000192. The van der Waals surface area contributed by atoms with E-state index in [0.717, 1.165) is 48.4 Å². The number of methoxy groups -OCH3 is 4. The highest BCUT2D eigenvalue weighted by Gasteiger charge is 2.42. The molecule has 0 aromatic heterocycles. The molecule has 0 saturated carbocycles. The minimum atomic E-state index is 0.123. The van der Waals surface area contributed by atoms with Gasteiger partial charge in [-0.05, 0) is 29.8 Å². The van der Waals surface area contributed by atoms with Crippen LogP contribution in [0.4, 0.5) is 0 Å². The van der Waals surface area contributed by atoms with E-state index in [-0.39, 0.29) is 6.10 Å². The normalized spacial score (nSPS) is 22.6. The molecule has 2 heterocycles.